The van der Waals surface area contributed by atoms with E-state index in [4.69, 9.17) is 32.4 Å². The molecule has 2 aromatic carbocycles. The van der Waals surface area contributed by atoms with Crippen LogP contribution in [0.25, 0.3) is 16.7 Å². The van der Waals surface area contributed by atoms with E-state index in [9.17, 15) is 4.79 Å². The van der Waals surface area contributed by atoms with Crippen molar-refractivity contribution in [1.29, 1.82) is 0 Å². The van der Waals surface area contributed by atoms with Crippen LogP contribution < -0.4 is 10.2 Å². The molecule has 4 aromatic rings. The van der Waals surface area contributed by atoms with E-state index in [0.29, 0.717) is 22.2 Å². The molecule has 0 aliphatic rings. The van der Waals surface area contributed by atoms with Crippen LogP contribution in [0.2, 0.25) is 10.0 Å². The van der Waals surface area contributed by atoms with E-state index in [2.05, 4.69) is 10.5 Å². The second kappa shape index (κ2) is 9.10. The van der Waals surface area contributed by atoms with E-state index in [0.717, 1.165) is 33.8 Å². The van der Waals surface area contributed by atoms with E-state index in [-0.39, 0.29) is 5.76 Å². The van der Waals surface area contributed by atoms with Crippen molar-refractivity contribution in [2.45, 2.75) is 20.8 Å². The summed E-state index contributed by atoms with van der Waals surface area (Å²) in [6.07, 6.45) is 1.59. The number of fused-ring (bicyclic) bond motifs is 1. The predicted molar refractivity (Wildman–Crippen MR) is 128 cm³/mol. The normalized spacial score (nSPS) is 11.4. The van der Waals surface area contributed by atoms with Crippen molar-refractivity contribution in [2.75, 3.05) is 6.61 Å². The van der Waals surface area contributed by atoms with E-state index < -0.39 is 5.91 Å². The third-order valence-corrected chi connectivity index (χ3v) is 5.55. The first-order valence-electron chi connectivity index (χ1n) is 10.0. The Balaban J connectivity index is 1.52. The third-order valence-electron chi connectivity index (χ3n) is 5.01. The monoisotopic (exact) mass is 469 g/mol. The van der Waals surface area contributed by atoms with Crippen molar-refractivity contribution in [3.63, 3.8) is 0 Å². The average molecular weight is 470 g/mol. The Bertz CT molecular complexity index is 1340. The Morgan fingerprint density at radius 2 is 1.97 bits per heavy atom. The molecule has 0 saturated heterocycles. The standard InChI is InChI=1S/C24H21Cl2N3O3/c1-4-31-19-6-8-22-16(10-19)11-23(32-22)24(30)28-27-13-17-9-14(2)29(15(17)3)21-7-5-18(25)12-20(21)26/h5-13H,4H2,1-3H3,(H,28,30)/b27-13+. The molecule has 0 aliphatic heterocycles. The fourth-order valence-corrected chi connectivity index (χ4v) is 4.05. The van der Waals surface area contributed by atoms with Crippen molar-refractivity contribution in [3.8, 4) is 11.4 Å². The summed E-state index contributed by atoms with van der Waals surface area (Å²) < 4.78 is 13.1. The van der Waals surface area contributed by atoms with E-state index in [1.165, 1.54) is 0 Å². The molecule has 32 heavy (non-hydrogen) atoms. The Morgan fingerprint density at radius 3 is 2.72 bits per heavy atom. The lowest BCUT2D eigenvalue weighted by molar-refractivity contribution is 0.0929. The highest BCUT2D eigenvalue weighted by Crippen LogP contribution is 2.28. The van der Waals surface area contributed by atoms with Crippen molar-refractivity contribution < 1.29 is 13.9 Å². The van der Waals surface area contributed by atoms with Crippen LogP contribution in [-0.4, -0.2) is 23.3 Å². The number of hydrogen-bond acceptors (Lipinski definition) is 4. The molecule has 1 N–H and O–H groups in total. The van der Waals surface area contributed by atoms with E-state index in [1.807, 2.05) is 43.5 Å². The van der Waals surface area contributed by atoms with E-state index in [1.54, 1.807) is 36.5 Å². The van der Waals surface area contributed by atoms with Gasteiger partial charge in [0.1, 0.15) is 11.3 Å². The smallest absolute Gasteiger partial charge is 0.307 e. The summed E-state index contributed by atoms with van der Waals surface area (Å²) in [6.45, 7) is 6.41. The predicted octanol–water partition coefficient (Wildman–Crippen LogP) is 6.31. The fourth-order valence-electron chi connectivity index (χ4n) is 3.56. The van der Waals surface area contributed by atoms with Gasteiger partial charge < -0.3 is 13.7 Å². The number of carbonyl (C=O) groups is 1. The van der Waals surface area contributed by atoms with Crippen LogP contribution >= 0.6 is 23.2 Å². The highest BCUT2D eigenvalue weighted by Gasteiger charge is 2.14. The number of amides is 1. The summed E-state index contributed by atoms with van der Waals surface area (Å²) in [5, 5.41) is 6.01. The SMILES string of the molecule is CCOc1ccc2oc(C(=O)N/N=C/c3cc(C)n(-c4ccc(Cl)cc4Cl)c3C)cc2c1. The maximum Gasteiger partial charge on any atom is 0.307 e. The van der Waals surface area contributed by atoms with Gasteiger partial charge in [-0.15, -0.1) is 0 Å². The molecule has 0 bridgehead atoms. The quantitative estimate of drug-likeness (QED) is 0.265. The molecule has 0 aliphatic carbocycles. The van der Waals surface area contributed by atoms with Crippen LogP contribution in [0.3, 0.4) is 0 Å². The van der Waals surface area contributed by atoms with Crippen LogP contribution in [0.15, 0.2) is 58.0 Å². The number of hydrogen-bond donors (Lipinski definition) is 1. The molecule has 0 saturated carbocycles. The van der Waals surface area contributed by atoms with Crippen molar-refractivity contribution >= 4 is 46.3 Å². The molecule has 164 valence electrons. The van der Waals surface area contributed by atoms with Gasteiger partial charge in [-0.2, -0.15) is 5.10 Å². The number of benzene rings is 2. The van der Waals surface area contributed by atoms with Gasteiger partial charge in [-0.1, -0.05) is 23.2 Å². The summed E-state index contributed by atoms with van der Waals surface area (Å²) in [5.41, 5.74) is 6.69. The highest BCUT2D eigenvalue weighted by molar-refractivity contribution is 6.35. The first-order chi connectivity index (χ1) is 15.4. The number of ether oxygens (including phenoxy) is 1. The minimum absolute atomic E-state index is 0.171. The summed E-state index contributed by atoms with van der Waals surface area (Å²) in [5.74, 6) is 0.455. The van der Waals surface area contributed by atoms with Gasteiger partial charge in [0.05, 0.1) is 23.5 Å². The zero-order valence-electron chi connectivity index (χ0n) is 17.8. The molecule has 0 radical (unpaired) electrons. The van der Waals surface area contributed by atoms with Crippen LogP contribution in [0.4, 0.5) is 0 Å². The summed E-state index contributed by atoms with van der Waals surface area (Å²) in [4.78, 5) is 12.5. The third kappa shape index (κ3) is 4.38. The Labute approximate surface area is 195 Å². The molecule has 2 aromatic heterocycles. The maximum absolute atomic E-state index is 12.5. The number of furan rings is 1. The zero-order chi connectivity index (χ0) is 22.8. The molecule has 1 amide bonds. The number of carbonyl (C=O) groups excluding carboxylic acids is 1. The molecular formula is C24H21Cl2N3O3. The molecule has 4 rings (SSSR count). The molecule has 0 fully saturated rings. The molecule has 6 nitrogen and oxygen atoms in total. The fraction of sp³-hybridized carbons (Fsp3) is 0.167. The van der Waals surface area contributed by atoms with Crippen LogP contribution in [-0.2, 0) is 0 Å². The summed E-state index contributed by atoms with van der Waals surface area (Å²) in [6, 6.07) is 14.4. The first kappa shape index (κ1) is 22.0. The van der Waals surface area contributed by atoms with Crippen molar-refractivity contribution in [3.05, 3.63) is 81.3 Å². The van der Waals surface area contributed by atoms with Gasteiger partial charge in [0.2, 0.25) is 0 Å². The molecule has 2 heterocycles. The average Bonchev–Trinajstić information content (AvgIpc) is 3.29. The second-order valence-corrected chi connectivity index (χ2v) is 8.04. The Morgan fingerprint density at radius 1 is 1.16 bits per heavy atom. The number of aryl methyl sites for hydroxylation is 1. The number of aromatic nitrogens is 1. The number of hydrazone groups is 1. The van der Waals surface area contributed by atoms with Crippen LogP contribution in [0.1, 0.15) is 34.4 Å². The molecule has 0 atom stereocenters. The Kier molecular flexibility index (Phi) is 6.26. The molecular weight excluding hydrogens is 449 g/mol. The van der Waals surface area contributed by atoms with Gasteiger partial charge in [0.15, 0.2) is 5.76 Å². The van der Waals surface area contributed by atoms with Crippen molar-refractivity contribution in [1.82, 2.24) is 9.99 Å². The summed E-state index contributed by atoms with van der Waals surface area (Å²) >= 11 is 12.4. The number of halogens is 2. The Hall–Kier alpha value is -3.22. The van der Waals surface area contributed by atoms with E-state index >= 15 is 0 Å². The lowest BCUT2D eigenvalue weighted by atomic mass is 10.2. The van der Waals surface area contributed by atoms with Gasteiger partial charge in [0.25, 0.3) is 0 Å². The minimum Gasteiger partial charge on any atom is -0.494 e. The largest absolute Gasteiger partial charge is 0.494 e. The van der Waals surface area contributed by atoms with Crippen LogP contribution in [0, 0.1) is 13.8 Å². The highest BCUT2D eigenvalue weighted by atomic mass is 35.5. The van der Waals surface area contributed by atoms with Gasteiger partial charge >= 0.3 is 5.91 Å². The molecule has 0 unspecified atom stereocenters. The minimum atomic E-state index is -0.440. The lowest BCUT2D eigenvalue weighted by Gasteiger charge is -2.11. The maximum atomic E-state index is 12.5. The zero-order valence-corrected chi connectivity index (χ0v) is 19.3. The van der Waals surface area contributed by atoms with Crippen molar-refractivity contribution in [2.24, 2.45) is 5.10 Å². The first-order valence-corrected chi connectivity index (χ1v) is 10.8. The number of nitrogens with zero attached hydrogens (tertiary/aromatic N) is 2. The molecule has 8 heteroatoms. The number of rotatable bonds is 6. The number of nitrogens with one attached hydrogen (secondary N) is 1. The van der Waals surface area contributed by atoms with Gasteiger partial charge in [-0.25, -0.2) is 5.43 Å². The van der Waals surface area contributed by atoms with Gasteiger partial charge in [-0.05, 0) is 69.3 Å². The van der Waals surface area contributed by atoms with Gasteiger partial charge in [-0.3, -0.25) is 4.79 Å². The van der Waals surface area contributed by atoms with Crippen LogP contribution in [0.5, 0.6) is 5.75 Å². The summed E-state index contributed by atoms with van der Waals surface area (Å²) in [7, 11) is 0. The second-order valence-electron chi connectivity index (χ2n) is 7.20. The lowest BCUT2D eigenvalue weighted by Crippen LogP contribution is -2.16. The topological polar surface area (TPSA) is 68.8 Å². The van der Waals surface area contributed by atoms with Gasteiger partial charge in [0, 0.05) is 27.4 Å². The molecule has 0 spiro atoms.